The Morgan fingerprint density at radius 3 is 2.48 bits per heavy atom. The van der Waals surface area contributed by atoms with Crippen molar-refractivity contribution in [1.29, 1.82) is 0 Å². The first-order valence-electron chi connectivity index (χ1n) is 6.27. The lowest BCUT2D eigenvalue weighted by Gasteiger charge is -2.01. The molecule has 0 spiro atoms. The molecule has 0 bridgehead atoms. The molecule has 0 unspecified atom stereocenters. The topological polar surface area (TPSA) is 59.8 Å². The fourth-order valence-electron chi connectivity index (χ4n) is 1.80. The Morgan fingerprint density at radius 2 is 1.76 bits per heavy atom. The van der Waals surface area contributed by atoms with Crippen molar-refractivity contribution in [3.8, 4) is 5.69 Å². The summed E-state index contributed by atoms with van der Waals surface area (Å²) in [5.74, 6) is -0.287. The first kappa shape index (κ1) is 13.5. The maximum absolute atomic E-state index is 12.1. The maximum Gasteiger partial charge on any atom is 0.277 e. The SMILES string of the molecule is O=C(Nc1ccccc1)c1cn(-c2ccc(Br)cc2)nn1. The van der Waals surface area contributed by atoms with Gasteiger partial charge in [-0.3, -0.25) is 4.79 Å². The molecule has 0 atom stereocenters. The maximum atomic E-state index is 12.1. The van der Waals surface area contributed by atoms with Crippen molar-refractivity contribution in [3.63, 3.8) is 0 Å². The summed E-state index contributed by atoms with van der Waals surface area (Å²) in [4.78, 5) is 12.1. The number of nitrogens with one attached hydrogen (secondary N) is 1. The molecule has 1 N–H and O–H groups in total. The minimum absolute atomic E-state index is 0.266. The Labute approximate surface area is 129 Å². The van der Waals surface area contributed by atoms with Gasteiger partial charge < -0.3 is 5.32 Å². The van der Waals surface area contributed by atoms with Gasteiger partial charge in [-0.05, 0) is 36.4 Å². The van der Waals surface area contributed by atoms with Crippen molar-refractivity contribution in [2.75, 3.05) is 5.32 Å². The molecule has 0 saturated carbocycles. The summed E-state index contributed by atoms with van der Waals surface area (Å²) >= 11 is 3.37. The Bertz CT molecular complexity index is 753. The average Bonchev–Trinajstić information content (AvgIpc) is 2.99. The van der Waals surface area contributed by atoms with Crippen molar-refractivity contribution in [1.82, 2.24) is 15.0 Å². The number of benzene rings is 2. The summed E-state index contributed by atoms with van der Waals surface area (Å²) in [6.45, 7) is 0. The molecule has 3 aromatic rings. The van der Waals surface area contributed by atoms with E-state index < -0.39 is 0 Å². The van der Waals surface area contributed by atoms with Crippen LogP contribution in [0.5, 0.6) is 0 Å². The fourth-order valence-corrected chi connectivity index (χ4v) is 2.07. The lowest BCUT2D eigenvalue weighted by Crippen LogP contribution is -2.12. The summed E-state index contributed by atoms with van der Waals surface area (Å²) in [6, 6.07) is 16.8. The molecule has 1 heterocycles. The Kier molecular flexibility index (Phi) is 3.79. The normalized spacial score (nSPS) is 10.3. The first-order chi connectivity index (χ1) is 10.2. The van der Waals surface area contributed by atoms with Gasteiger partial charge in [0.05, 0.1) is 11.9 Å². The molecule has 3 rings (SSSR count). The van der Waals surface area contributed by atoms with Crippen LogP contribution in [0.3, 0.4) is 0 Å². The van der Waals surface area contributed by atoms with E-state index in [0.717, 1.165) is 15.8 Å². The number of hydrogen-bond acceptors (Lipinski definition) is 3. The van der Waals surface area contributed by atoms with E-state index in [0.29, 0.717) is 0 Å². The van der Waals surface area contributed by atoms with Crippen molar-refractivity contribution in [3.05, 3.63) is 71.0 Å². The van der Waals surface area contributed by atoms with Crippen LogP contribution in [0.1, 0.15) is 10.5 Å². The lowest BCUT2D eigenvalue weighted by atomic mass is 10.3. The van der Waals surface area contributed by atoms with E-state index in [1.165, 1.54) is 0 Å². The predicted octanol–water partition coefficient (Wildman–Crippen LogP) is 3.28. The summed E-state index contributed by atoms with van der Waals surface area (Å²) in [5.41, 5.74) is 1.83. The van der Waals surface area contributed by atoms with Gasteiger partial charge in [0, 0.05) is 10.2 Å². The Hall–Kier alpha value is -2.47. The second-order valence-corrected chi connectivity index (χ2v) is 5.26. The van der Waals surface area contributed by atoms with E-state index in [2.05, 4.69) is 31.6 Å². The fraction of sp³-hybridized carbons (Fsp3) is 0. The summed E-state index contributed by atoms with van der Waals surface area (Å²) in [5, 5.41) is 10.6. The quantitative estimate of drug-likeness (QED) is 0.794. The molecule has 0 fully saturated rings. The first-order valence-corrected chi connectivity index (χ1v) is 7.06. The largest absolute Gasteiger partial charge is 0.321 e. The zero-order chi connectivity index (χ0) is 14.7. The standard InChI is InChI=1S/C15H11BrN4O/c16-11-6-8-13(9-7-11)20-10-14(18-19-20)15(21)17-12-4-2-1-3-5-12/h1-10H,(H,17,21). The van der Waals surface area contributed by atoms with Crippen LogP contribution in [0, 0.1) is 0 Å². The molecule has 0 aliphatic heterocycles. The second kappa shape index (κ2) is 5.88. The molecule has 104 valence electrons. The highest BCUT2D eigenvalue weighted by Gasteiger charge is 2.11. The van der Waals surface area contributed by atoms with Crippen LogP contribution in [-0.4, -0.2) is 20.9 Å². The molecule has 0 aliphatic rings. The lowest BCUT2D eigenvalue weighted by molar-refractivity contribution is 0.102. The van der Waals surface area contributed by atoms with E-state index in [4.69, 9.17) is 0 Å². The van der Waals surface area contributed by atoms with E-state index >= 15 is 0 Å². The number of anilines is 1. The number of halogens is 1. The number of carbonyl (C=O) groups is 1. The van der Waals surface area contributed by atoms with Crippen LogP contribution in [0.2, 0.25) is 0 Å². The van der Waals surface area contributed by atoms with Crippen molar-refractivity contribution in [2.24, 2.45) is 0 Å². The van der Waals surface area contributed by atoms with Crippen LogP contribution in [0.25, 0.3) is 5.69 Å². The van der Waals surface area contributed by atoms with Crippen LogP contribution >= 0.6 is 15.9 Å². The van der Waals surface area contributed by atoms with Gasteiger partial charge in [-0.25, -0.2) is 4.68 Å². The number of carbonyl (C=O) groups excluding carboxylic acids is 1. The van der Waals surface area contributed by atoms with Gasteiger partial charge in [0.2, 0.25) is 0 Å². The smallest absolute Gasteiger partial charge is 0.277 e. The zero-order valence-electron chi connectivity index (χ0n) is 10.9. The number of nitrogens with zero attached hydrogens (tertiary/aromatic N) is 3. The Balaban J connectivity index is 1.78. The van der Waals surface area contributed by atoms with Gasteiger partial charge >= 0.3 is 0 Å². The molecule has 6 heteroatoms. The number of amides is 1. The van der Waals surface area contributed by atoms with E-state index in [1.54, 1.807) is 10.9 Å². The van der Waals surface area contributed by atoms with Gasteiger partial charge in [-0.15, -0.1) is 5.10 Å². The number of hydrogen-bond donors (Lipinski definition) is 1. The molecule has 0 saturated heterocycles. The third-order valence-corrected chi connectivity index (χ3v) is 3.38. The van der Waals surface area contributed by atoms with Crippen molar-refractivity contribution < 1.29 is 4.79 Å². The monoisotopic (exact) mass is 342 g/mol. The van der Waals surface area contributed by atoms with Gasteiger partial charge in [-0.2, -0.15) is 0 Å². The number of aromatic nitrogens is 3. The second-order valence-electron chi connectivity index (χ2n) is 4.34. The van der Waals surface area contributed by atoms with Crippen LogP contribution in [-0.2, 0) is 0 Å². The highest BCUT2D eigenvalue weighted by molar-refractivity contribution is 9.10. The molecular weight excluding hydrogens is 332 g/mol. The summed E-state index contributed by atoms with van der Waals surface area (Å²) in [7, 11) is 0. The van der Waals surface area contributed by atoms with E-state index in [9.17, 15) is 4.79 Å². The van der Waals surface area contributed by atoms with Crippen LogP contribution in [0.15, 0.2) is 65.3 Å². The summed E-state index contributed by atoms with van der Waals surface area (Å²) in [6.07, 6.45) is 1.60. The number of rotatable bonds is 3. The highest BCUT2D eigenvalue weighted by atomic mass is 79.9. The zero-order valence-corrected chi connectivity index (χ0v) is 12.5. The minimum atomic E-state index is -0.287. The molecule has 1 aromatic heterocycles. The number of para-hydroxylation sites is 1. The van der Waals surface area contributed by atoms with Gasteiger partial charge in [0.25, 0.3) is 5.91 Å². The van der Waals surface area contributed by atoms with Crippen molar-refractivity contribution in [2.45, 2.75) is 0 Å². The molecule has 5 nitrogen and oxygen atoms in total. The minimum Gasteiger partial charge on any atom is -0.321 e. The van der Waals surface area contributed by atoms with Gasteiger partial charge in [0.1, 0.15) is 0 Å². The van der Waals surface area contributed by atoms with Crippen molar-refractivity contribution >= 4 is 27.5 Å². The Morgan fingerprint density at radius 1 is 1.05 bits per heavy atom. The molecule has 1 amide bonds. The van der Waals surface area contributed by atoms with Crippen LogP contribution in [0.4, 0.5) is 5.69 Å². The molecule has 0 aliphatic carbocycles. The highest BCUT2D eigenvalue weighted by Crippen LogP contribution is 2.14. The summed E-state index contributed by atoms with van der Waals surface area (Å²) < 4.78 is 2.54. The van der Waals surface area contributed by atoms with Gasteiger partial charge in [0.15, 0.2) is 5.69 Å². The van der Waals surface area contributed by atoms with Crippen LogP contribution < -0.4 is 5.32 Å². The molecular formula is C15H11BrN4O. The molecule has 2 aromatic carbocycles. The third kappa shape index (κ3) is 3.17. The molecule has 0 radical (unpaired) electrons. The average molecular weight is 343 g/mol. The van der Waals surface area contributed by atoms with Gasteiger partial charge in [-0.1, -0.05) is 39.3 Å². The predicted molar refractivity (Wildman–Crippen MR) is 83.5 cm³/mol. The van der Waals surface area contributed by atoms with E-state index in [1.807, 2.05) is 54.6 Å². The third-order valence-electron chi connectivity index (χ3n) is 2.85. The molecule has 21 heavy (non-hydrogen) atoms. The van der Waals surface area contributed by atoms with E-state index in [-0.39, 0.29) is 11.6 Å².